The van der Waals surface area contributed by atoms with Crippen LogP contribution >= 0.6 is 15.9 Å². The van der Waals surface area contributed by atoms with E-state index in [4.69, 9.17) is 4.74 Å². The van der Waals surface area contributed by atoms with Gasteiger partial charge in [-0.25, -0.2) is 4.98 Å². The fourth-order valence-corrected chi connectivity index (χ4v) is 2.23. The molecule has 0 amide bonds. The second-order valence-corrected chi connectivity index (χ2v) is 5.22. The Morgan fingerprint density at radius 2 is 1.81 bits per heavy atom. The Morgan fingerprint density at radius 1 is 1.10 bits per heavy atom. The van der Waals surface area contributed by atoms with Crippen LogP contribution < -0.4 is 4.74 Å². The summed E-state index contributed by atoms with van der Waals surface area (Å²) in [6.45, 7) is 0. The molecule has 0 spiro atoms. The number of halogens is 1. The van der Waals surface area contributed by atoms with E-state index in [1.54, 1.807) is 30.3 Å². The van der Waals surface area contributed by atoms with E-state index >= 15 is 0 Å². The molecule has 104 valence electrons. The third-order valence-corrected chi connectivity index (χ3v) is 3.47. The summed E-state index contributed by atoms with van der Waals surface area (Å²) in [5.41, 5.74) is 0.492. The Labute approximate surface area is 128 Å². The second kappa shape index (κ2) is 5.49. The molecule has 0 atom stereocenters. The van der Waals surface area contributed by atoms with E-state index in [1.807, 2.05) is 18.2 Å². The molecule has 0 fully saturated rings. The Hall–Kier alpha value is -2.47. The van der Waals surface area contributed by atoms with Gasteiger partial charge in [-0.05, 0) is 36.4 Å². The molecule has 0 N–H and O–H groups in total. The number of hydrogen-bond acceptors (Lipinski definition) is 4. The number of rotatable bonds is 3. The van der Waals surface area contributed by atoms with Gasteiger partial charge in [-0.2, -0.15) is 0 Å². The summed E-state index contributed by atoms with van der Waals surface area (Å²) in [6, 6.07) is 14.3. The van der Waals surface area contributed by atoms with Gasteiger partial charge >= 0.3 is 5.69 Å². The van der Waals surface area contributed by atoms with Gasteiger partial charge in [0.15, 0.2) is 0 Å². The van der Waals surface area contributed by atoms with Crippen molar-refractivity contribution in [3.63, 3.8) is 0 Å². The first kappa shape index (κ1) is 13.5. The van der Waals surface area contributed by atoms with Crippen LogP contribution in [0.25, 0.3) is 10.9 Å². The zero-order valence-electron chi connectivity index (χ0n) is 10.7. The van der Waals surface area contributed by atoms with Crippen molar-refractivity contribution in [1.82, 2.24) is 4.98 Å². The fraction of sp³-hybridized carbons (Fsp3) is 0. The molecule has 3 aromatic rings. The van der Waals surface area contributed by atoms with Gasteiger partial charge in [-0.1, -0.05) is 28.1 Å². The molecule has 6 heteroatoms. The third-order valence-electron chi connectivity index (χ3n) is 2.94. The Morgan fingerprint density at radius 3 is 2.52 bits per heavy atom. The quantitative estimate of drug-likeness (QED) is 0.510. The number of nitro groups is 1. The van der Waals surface area contributed by atoms with Gasteiger partial charge in [0.1, 0.15) is 11.9 Å². The van der Waals surface area contributed by atoms with Crippen molar-refractivity contribution in [2.75, 3.05) is 0 Å². The molecule has 0 unspecified atom stereocenters. The first-order valence-electron chi connectivity index (χ1n) is 6.11. The van der Waals surface area contributed by atoms with E-state index in [0.29, 0.717) is 16.7 Å². The zero-order valence-corrected chi connectivity index (χ0v) is 12.3. The smallest absolute Gasteiger partial charge is 0.330 e. The lowest BCUT2D eigenvalue weighted by molar-refractivity contribution is -0.385. The summed E-state index contributed by atoms with van der Waals surface area (Å²) >= 11 is 3.33. The number of hydrogen-bond donors (Lipinski definition) is 0. The molecule has 2 aromatic carbocycles. The molecule has 0 radical (unpaired) electrons. The molecule has 0 saturated heterocycles. The van der Waals surface area contributed by atoms with Crippen molar-refractivity contribution >= 4 is 32.5 Å². The third kappa shape index (κ3) is 2.71. The lowest BCUT2D eigenvalue weighted by Gasteiger charge is -2.09. The summed E-state index contributed by atoms with van der Waals surface area (Å²) in [5.74, 6) is 0.727. The minimum atomic E-state index is -0.492. The van der Waals surface area contributed by atoms with Crippen molar-refractivity contribution in [1.29, 1.82) is 0 Å². The minimum absolute atomic E-state index is 0.156. The summed E-state index contributed by atoms with van der Waals surface area (Å²) in [5, 5.41) is 11.8. The van der Waals surface area contributed by atoms with E-state index in [1.165, 1.54) is 6.20 Å². The average Bonchev–Trinajstić information content (AvgIpc) is 2.49. The van der Waals surface area contributed by atoms with E-state index < -0.39 is 4.92 Å². The topological polar surface area (TPSA) is 65.3 Å². The molecule has 21 heavy (non-hydrogen) atoms. The van der Waals surface area contributed by atoms with Gasteiger partial charge in [0.25, 0.3) is 0 Å². The maximum absolute atomic E-state index is 11.2. The van der Waals surface area contributed by atoms with E-state index in [-0.39, 0.29) is 11.4 Å². The number of ether oxygens (including phenoxy) is 1. The monoisotopic (exact) mass is 344 g/mol. The Balaban J connectivity index is 2.16. The fourth-order valence-electron chi connectivity index (χ4n) is 1.96. The Kier molecular flexibility index (Phi) is 3.53. The van der Waals surface area contributed by atoms with Crippen LogP contribution in [0.3, 0.4) is 0 Å². The highest BCUT2D eigenvalue weighted by Crippen LogP contribution is 2.37. The summed E-state index contributed by atoms with van der Waals surface area (Å²) in [4.78, 5) is 14.8. The van der Waals surface area contributed by atoms with Gasteiger partial charge in [0.2, 0.25) is 5.75 Å². The molecule has 1 aromatic heterocycles. The molecule has 1 heterocycles. The second-order valence-electron chi connectivity index (χ2n) is 4.30. The van der Waals surface area contributed by atoms with Crippen LogP contribution in [0, 0.1) is 10.1 Å². The predicted molar refractivity (Wildman–Crippen MR) is 82.6 cm³/mol. The molecular weight excluding hydrogens is 336 g/mol. The van der Waals surface area contributed by atoms with E-state index in [9.17, 15) is 10.1 Å². The standard InChI is InChI=1S/C15H9BrN2O3/c16-10-5-7-11(8-6-10)21-15-12-3-1-2-4-13(12)17-9-14(15)18(19)20/h1-9H. The van der Waals surface area contributed by atoms with Crippen LogP contribution in [0.4, 0.5) is 5.69 Å². The van der Waals surface area contributed by atoms with Crippen molar-refractivity contribution in [2.24, 2.45) is 0 Å². The van der Waals surface area contributed by atoms with Crippen molar-refractivity contribution in [3.8, 4) is 11.5 Å². The summed E-state index contributed by atoms with van der Waals surface area (Å²) in [7, 11) is 0. The van der Waals surface area contributed by atoms with Crippen molar-refractivity contribution < 1.29 is 9.66 Å². The van der Waals surface area contributed by atoms with Gasteiger partial charge in [-0.15, -0.1) is 0 Å². The lowest BCUT2D eigenvalue weighted by atomic mass is 10.2. The van der Waals surface area contributed by atoms with Crippen LogP contribution in [0.2, 0.25) is 0 Å². The number of aromatic nitrogens is 1. The number of pyridine rings is 1. The van der Waals surface area contributed by atoms with E-state index in [2.05, 4.69) is 20.9 Å². The number of benzene rings is 2. The van der Waals surface area contributed by atoms with Gasteiger partial charge in [0, 0.05) is 4.47 Å². The SMILES string of the molecule is O=[N+]([O-])c1cnc2ccccc2c1Oc1ccc(Br)cc1. The maximum Gasteiger partial charge on any atom is 0.330 e. The van der Waals surface area contributed by atoms with Gasteiger partial charge < -0.3 is 4.74 Å². The van der Waals surface area contributed by atoms with Gasteiger partial charge in [-0.3, -0.25) is 10.1 Å². The summed E-state index contributed by atoms with van der Waals surface area (Å²) < 4.78 is 6.64. The van der Waals surface area contributed by atoms with Crippen LogP contribution in [-0.2, 0) is 0 Å². The highest BCUT2D eigenvalue weighted by atomic mass is 79.9. The number of fused-ring (bicyclic) bond motifs is 1. The predicted octanol–water partition coefficient (Wildman–Crippen LogP) is 4.70. The first-order chi connectivity index (χ1) is 10.1. The van der Waals surface area contributed by atoms with Crippen LogP contribution in [0.1, 0.15) is 0 Å². The average molecular weight is 345 g/mol. The molecule has 3 rings (SSSR count). The lowest BCUT2D eigenvalue weighted by Crippen LogP contribution is -1.96. The van der Waals surface area contributed by atoms with E-state index in [0.717, 1.165) is 4.47 Å². The minimum Gasteiger partial charge on any atom is -0.449 e. The number of para-hydroxylation sites is 1. The van der Waals surface area contributed by atoms with Crippen LogP contribution in [-0.4, -0.2) is 9.91 Å². The zero-order chi connectivity index (χ0) is 14.8. The molecule has 0 saturated carbocycles. The maximum atomic E-state index is 11.2. The highest BCUT2D eigenvalue weighted by molar-refractivity contribution is 9.10. The molecule has 5 nitrogen and oxygen atoms in total. The summed E-state index contributed by atoms with van der Waals surface area (Å²) in [6.07, 6.45) is 1.22. The molecule has 0 aliphatic carbocycles. The first-order valence-corrected chi connectivity index (χ1v) is 6.90. The number of nitrogens with zero attached hydrogens (tertiary/aromatic N) is 2. The van der Waals surface area contributed by atoms with Crippen molar-refractivity contribution in [3.05, 3.63) is 69.3 Å². The normalized spacial score (nSPS) is 10.5. The Bertz CT molecular complexity index is 819. The molecule has 0 bridgehead atoms. The highest BCUT2D eigenvalue weighted by Gasteiger charge is 2.20. The molecular formula is C15H9BrN2O3. The van der Waals surface area contributed by atoms with Gasteiger partial charge in [0.05, 0.1) is 15.8 Å². The largest absolute Gasteiger partial charge is 0.449 e. The van der Waals surface area contributed by atoms with Crippen LogP contribution in [0.5, 0.6) is 11.5 Å². The molecule has 0 aliphatic rings. The van der Waals surface area contributed by atoms with Crippen molar-refractivity contribution in [2.45, 2.75) is 0 Å². The van der Waals surface area contributed by atoms with Crippen LogP contribution in [0.15, 0.2) is 59.2 Å². The molecule has 0 aliphatic heterocycles.